The van der Waals surface area contributed by atoms with Crippen molar-refractivity contribution in [1.82, 2.24) is 4.90 Å². The molecule has 0 atom stereocenters. The van der Waals surface area contributed by atoms with Crippen LogP contribution in [0.3, 0.4) is 0 Å². The molecule has 0 radical (unpaired) electrons. The maximum Gasteiger partial charge on any atom is 0.410 e. The monoisotopic (exact) mass is 336 g/mol. The van der Waals surface area contributed by atoms with Gasteiger partial charge in [-0.3, -0.25) is 0 Å². The van der Waals surface area contributed by atoms with E-state index in [0.29, 0.717) is 13.1 Å². The highest BCUT2D eigenvalue weighted by Crippen LogP contribution is 2.29. The van der Waals surface area contributed by atoms with Gasteiger partial charge in [0.25, 0.3) is 0 Å². The minimum absolute atomic E-state index is 0.145. The van der Waals surface area contributed by atoms with E-state index in [1.807, 2.05) is 20.8 Å². The summed E-state index contributed by atoms with van der Waals surface area (Å²) in [6.07, 6.45) is -0.332. The van der Waals surface area contributed by atoms with Crippen LogP contribution >= 0.6 is 0 Å². The van der Waals surface area contributed by atoms with E-state index in [2.05, 4.69) is 0 Å². The topological polar surface area (TPSA) is 87.5 Å². The minimum Gasteiger partial charge on any atom is -0.444 e. The van der Waals surface area contributed by atoms with Crippen LogP contribution in [0.15, 0.2) is 29.2 Å². The highest BCUT2D eigenvalue weighted by Gasteiger charge is 2.34. The SMILES string of the molecule is CC(C)(C)OC(=O)N1CC(c2ccc(S(=O)(=O)CC#N)cc2)C1. The van der Waals surface area contributed by atoms with Crippen LogP contribution < -0.4 is 0 Å². The molecule has 23 heavy (non-hydrogen) atoms. The van der Waals surface area contributed by atoms with Gasteiger partial charge in [0.1, 0.15) is 11.4 Å². The second-order valence-corrected chi connectivity index (χ2v) is 8.56. The van der Waals surface area contributed by atoms with Crippen molar-refractivity contribution in [2.45, 2.75) is 37.2 Å². The van der Waals surface area contributed by atoms with Crippen LogP contribution in [0.5, 0.6) is 0 Å². The van der Waals surface area contributed by atoms with Gasteiger partial charge in [0.2, 0.25) is 0 Å². The molecular weight excluding hydrogens is 316 g/mol. The molecule has 1 aromatic carbocycles. The first-order chi connectivity index (χ1) is 10.6. The fourth-order valence-electron chi connectivity index (χ4n) is 2.28. The van der Waals surface area contributed by atoms with E-state index < -0.39 is 21.2 Å². The lowest BCUT2D eigenvalue weighted by Crippen LogP contribution is -2.50. The molecule has 6 nitrogen and oxygen atoms in total. The van der Waals surface area contributed by atoms with Crippen molar-refractivity contribution in [3.63, 3.8) is 0 Å². The van der Waals surface area contributed by atoms with Crippen molar-refractivity contribution >= 4 is 15.9 Å². The van der Waals surface area contributed by atoms with E-state index in [1.165, 1.54) is 12.1 Å². The van der Waals surface area contributed by atoms with E-state index in [-0.39, 0.29) is 16.9 Å². The summed E-state index contributed by atoms with van der Waals surface area (Å²) in [5.41, 5.74) is 0.458. The Hall–Kier alpha value is -2.07. The zero-order valence-corrected chi connectivity index (χ0v) is 14.3. The van der Waals surface area contributed by atoms with Crippen molar-refractivity contribution in [3.8, 4) is 6.07 Å². The molecule has 1 amide bonds. The molecule has 1 aliphatic rings. The van der Waals surface area contributed by atoms with Gasteiger partial charge in [0.05, 0.1) is 11.0 Å². The van der Waals surface area contributed by atoms with E-state index >= 15 is 0 Å². The molecule has 0 saturated carbocycles. The molecule has 0 aliphatic carbocycles. The van der Waals surface area contributed by atoms with Gasteiger partial charge in [0.15, 0.2) is 9.84 Å². The number of nitrogens with zero attached hydrogens (tertiary/aromatic N) is 2. The van der Waals surface area contributed by atoms with Crippen LogP contribution in [0.4, 0.5) is 4.79 Å². The number of benzene rings is 1. The Labute approximate surface area is 136 Å². The largest absolute Gasteiger partial charge is 0.444 e. The first-order valence-electron chi connectivity index (χ1n) is 7.30. The Balaban J connectivity index is 1.96. The van der Waals surface area contributed by atoms with Gasteiger partial charge in [-0.1, -0.05) is 12.1 Å². The Morgan fingerprint density at radius 1 is 1.30 bits per heavy atom. The zero-order chi connectivity index (χ0) is 17.3. The molecule has 1 saturated heterocycles. The van der Waals surface area contributed by atoms with Gasteiger partial charge < -0.3 is 9.64 Å². The quantitative estimate of drug-likeness (QED) is 0.845. The normalized spacial score (nSPS) is 15.7. The van der Waals surface area contributed by atoms with Gasteiger partial charge in [0, 0.05) is 19.0 Å². The summed E-state index contributed by atoms with van der Waals surface area (Å²) in [5, 5.41) is 8.54. The van der Waals surface area contributed by atoms with Crippen molar-refractivity contribution in [3.05, 3.63) is 29.8 Å². The molecule has 0 unspecified atom stereocenters. The highest BCUT2D eigenvalue weighted by molar-refractivity contribution is 7.91. The molecule has 0 spiro atoms. The summed E-state index contributed by atoms with van der Waals surface area (Å²) >= 11 is 0. The first kappa shape index (κ1) is 17.3. The molecule has 2 rings (SSSR count). The predicted molar refractivity (Wildman–Crippen MR) is 84.7 cm³/mol. The van der Waals surface area contributed by atoms with Gasteiger partial charge in [-0.25, -0.2) is 13.2 Å². The third kappa shape index (κ3) is 4.23. The number of sulfone groups is 1. The van der Waals surface area contributed by atoms with Crippen molar-refractivity contribution in [2.75, 3.05) is 18.8 Å². The Bertz CT molecular complexity index is 721. The molecular formula is C16H20N2O4S. The Kier molecular flexibility index (Phi) is 4.66. The number of nitriles is 1. The fraction of sp³-hybridized carbons (Fsp3) is 0.500. The highest BCUT2D eigenvalue weighted by atomic mass is 32.2. The maximum atomic E-state index is 11.9. The lowest BCUT2D eigenvalue weighted by atomic mass is 9.92. The Morgan fingerprint density at radius 3 is 2.35 bits per heavy atom. The van der Waals surface area contributed by atoms with E-state index in [4.69, 9.17) is 10.00 Å². The summed E-state index contributed by atoms with van der Waals surface area (Å²) in [6, 6.07) is 8.16. The van der Waals surface area contributed by atoms with Crippen molar-refractivity contribution in [2.24, 2.45) is 0 Å². The molecule has 124 valence electrons. The number of rotatable bonds is 3. The van der Waals surface area contributed by atoms with E-state index in [1.54, 1.807) is 23.1 Å². The second kappa shape index (κ2) is 6.20. The van der Waals surface area contributed by atoms with Crippen LogP contribution in [-0.2, 0) is 14.6 Å². The number of ether oxygens (including phenoxy) is 1. The third-order valence-electron chi connectivity index (χ3n) is 3.50. The average Bonchev–Trinajstić information content (AvgIpc) is 2.35. The molecule has 1 aromatic rings. The summed E-state index contributed by atoms with van der Waals surface area (Å²) < 4.78 is 28.9. The second-order valence-electron chi connectivity index (χ2n) is 6.57. The van der Waals surface area contributed by atoms with Crippen LogP contribution in [0.2, 0.25) is 0 Å². The van der Waals surface area contributed by atoms with Crippen LogP contribution in [-0.4, -0.2) is 43.9 Å². The molecule has 0 N–H and O–H groups in total. The average molecular weight is 336 g/mol. The Morgan fingerprint density at radius 2 is 1.87 bits per heavy atom. The van der Waals surface area contributed by atoms with E-state index in [0.717, 1.165) is 5.56 Å². The standard InChI is InChI=1S/C16H20N2O4S/c1-16(2,3)22-15(19)18-10-13(11-18)12-4-6-14(7-5-12)23(20,21)9-8-17/h4-7,13H,9-11H2,1-3H3. The van der Waals surface area contributed by atoms with Gasteiger partial charge in [-0.2, -0.15) is 5.26 Å². The van der Waals surface area contributed by atoms with Crippen molar-refractivity contribution < 1.29 is 17.9 Å². The number of carbonyl (C=O) groups is 1. The van der Waals surface area contributed by atoms with Gasteiger partial charge >= 0.3 is 6.09 Å². The summed E-state index contributed by atoms with van der Waals surface area (Å²) in [5.74, 6) is -0.349. The lowest BCUT2D eigenvalue weighted by Gasteiger charge is -2.40. The smallest absolute Gasteiger partial charge is 0.410 e. The summed E-state index contributed by atoms with van der Waals surface area (Å²) in [7, 11) is -3.53. The van der Waals surface area contributed by atoms with Crippen LogP contribution in [0.25, 0.3) is 0 Å². The molecule has 0 aromatic heterocycles. The summed E-state index contributed by atoms with van der Waals surface area (Å²) in [4.78, 5) is 13.6. The number of likely N-dealkylation sites (tertiary alicyclic amines) is 1. The lowest BCUT2D eigenvalue weighted by molar-refractivity contribution is 0.00819. The minimum atomic E-state index is -3.53. The van der Waals surface area contributed by atoms with Gasteiger partial charge in [-0.15, -0.1) is 0 Å². The number of amides is 1. The third-order valence-corrected chi connectivity index (χ3v) is 5.00. The summed E-state index contributed by atoms with van der Waals surface area (Å²) in [6.45, 7) is 6.58. The predicted octanol–water partition coefficient (Wildman–Crippen LogP) is 2.32. The number of hydrogen-bond donors (Lipinski definition) is 0. The van der Waals surface area contributed by atoms with Crippen LogP contribution in [0, 0.1) is 11.3 Å². The molecule has 1 aliphatic heterocycles. The number of carbonyl (C=O) groups excluding carboxylic acids is 1. The molecule has 1 heterocycles. The number of hydrogen-bond acceptors (Lipinski definition) is 5. The van der Waals surface area contributed by atoms with E-state index in [9.17, 15) is 13.2 Å². The fourth-order valence-corrected chi connectivity index (χ4v) is 3.17. The molecule has 7 heteroatoms. The maximum absolute atomic E-state index is 11.9. The molecule has 0 bridgehead atoms. The van der Waals surface area contributed by atoms with Crippen LogP contribution in [0.1, 0.15) is 32.3 Å². The van der Waals surface area contributed by atoms with Gasteiger partial charge in [-0.05, 0) is 38.5 Å². The molecule has 1 fully saturated rings. The first-order valence-corrected chi connectivity index (χ1v) is 8.95. The zero-order valence-electron chi connectivity index (χ0n) is 13.4. The van der Waals surface area contributed by atoms with Crippen molar-refractivity contribution in [1.29, 1.82) is 5.26 Å².